The largest absolute Gasteiger partial charge is 0.496 e. The predicted octanol–water partition coefficient (Wildman–Crippen LogP) is 2.13. The standard InChI is InChI=1S/C12H16FNO/c1-8-5-9(13)11(10(6-8)15-2)12(7-14)3-4-12/h5-6H,3-4,7,14H2,1-2H3. The van der Waals surface area contributed by atoms with E-state index in [0.29, 0.717) is 17.9 Å². The highest BCUT2D eigenvalue weighted by atomic mass is 19.1. The maximum Gasteiger partial charge on any atom is 0.130 e. The number of methoxy groups -OCH3 is 1. The molecule has 1 saturated carbocycles. The average Bonchev–Trinajstić information content (AvgIpc) is 2.97. The van der Waals surface area contributed by atoms with Crippen LogP contribution >= 0.6 is 0 Å². The van der Waals surface area contributed by atoms with Crippen LogP contribution in [0.4, 0.5) is 4.39 Å². The lowest BCUT2D eigenvalue weighted by atomic mass is 9.93. The molecule has 0 heterocycles. The van der Waals surface area contributed by atoms with Gasteiger partial charge in [0.2, 0.25) is 0 Å². The van der Waals surface area contributed by atoms with Crippen molar-refractivity contribution >= 4 is 0 Å². The molecule has 15 heavy (non-hydrogen) atoms. The summed E-state index contributed by atoms with van der Waals surface area (Å²) in [6.45, 7) is 2.35. The molecule has 0 amide bonds. The molecule has 0 unspecified atom stereocenters. The Labute approximate surface area is 89.2 Å². The highest BCUT2D eigenvalue weighted by molar-refractivity contribution is 5.46. The molecule has 1 aromatic carbocycles. The Bertz CT molecular complexity index is 385. The molecule has 1 aliphatic carbocycles. The van der Waals surface area contributed by atoms with Crippen molar-refractivity contribution < 1.29 is 9.13 Å². The monoisotopic (exact) mass is 209 g/mol. The molecule has 1 aromatic rings. The van der Waals surface area contributed by atoms with E-state index in [1.165, 1.54) is 0 Å². The maximum atomic E-state index is 13.9. The van der Waals surface area contributed by atoms with Gasteiger partial charge in [0.25, 0.3) is 0 Å². The average molecular weight is 209 g/mol. The van der Waals surface area contributed by atoms with E-state index in [4.69, 9.17) is 10.5 Å². The summed E-state index contributed by atoms with van der Waals surface area (Å²) in [5.74, 6) is 0.449. The highest BCUT2D eigenvalue weighted by Crippen LogP contribution is 2.51. The number of halogens is 1. The van der Waals surface area contributed by atoms with Gasteiger partial charge in [-0.1, -0.05) is 0 Å². The first-order valence-electron chi connectivity index (χ1n) is 5.17. The Morgan fingerprint density at radius 1 is 1.47 bits per heavy atom. The smallest absolute Gasteiger partial charge is 0.130 e. The van der Waals surface area contributed by atoms with E-state index >= 15 is 0 Å². The molecule has 0 bridgehead atoms. The Morgan fingerprint density at radius 2 is 2.13 bits per heavy atom. The lowest BCUT2D eigenvalue weighted by Crippen LogP contribution is -2.22. The maximum absolute atomic E-state index is 13.9. The Hall–Kier alpha value is -1.09. The van der Waals surface area contributed by atoms with E-state index in [-0.39, 0.29) is 11.2 Å². The first-order valence-corrected chi connectivity index (χ1v) is 5.17. The van der Waals surface area contributed by atoms with Crippen LogP contribution in [0.5, 0.6) is 5.75 Å². The summed E-state index contributed by atoms with van der Waals surface area (Å²) in [6.07, 6.45) is 1.92. The lowest BCUT2D eigenvalue weighted by molar-refractivity contribution is 0.396. The Balaban J connectivity index is 2.54. The second-order valence-corrected chi connectivity index (χ2v) is 4.31. The van der Waals surface area contributed by atoms with E-state index in [9.17, 15) is 4.39 Å². The molecule has 1 fully saturated rings. The van der Waals surface area contributed by atoms with Gasteiger partial charge >= 0.3 is 0 Å². The molecule has 1 aliphatic rings. The van der Waals surface area contributed by atoms with Crippen molar-refractivity contribution in [2.24, 2.45) is 5.73 Å². The minimum atomic E-state index is -0.185. The molecule has 0 aliphatic heterocycles. The van der Waals surface area contributed by atoms with Crippen LogP contribution in [0, 0.1) is 12.7 Å². The normalized spacial score (nSPS) is 17.6. The van der Waals surface area contributed by atoms with Crippen molar-refractivity contribution in [3.05, 3.63) is 29.1 Å². The highest BCUT2D eigenvalue weighted by Gasteiger charge is 2.46. The van der Waals surface area contributed by atoms with Crippen LogP contribution in [0.15, 0.2) is 12.1 Å². The third-order valence-corrected chi connectivity index (χ3v) is 3.19. The fraction of sp³-hybridized carbons (Fsp3) is 0.500. The van der Waals surface area contributed by atoms with Gasteiger partial charge in [-0.3, -0.25) is 0 Å². The van der Waals surface area contributed by atoms with Crippen LogP contribution in [0.1, 0.15) is 24.0 Å². The molecule has 2 N–H and O–H groups in total. The number of nitrogens with two attached hydrogens (primary N) is 1. The Kier molecular flexibility index (Phi) is 2.43. The Morgan fingerprint density at radius 3 is 2.60 bits per heavy atom. The van der Waals surface area contributed by atoms with Crippen molar-refractivity contribution in [1.29, 1.82) is 0 Å². The molecule has 0 aromatic heterocycles. The van der Waals surface area contributed by atoms with Crippen LogP contribution in [0.3, 0.4) is 0 Å². The van der Waals surface area contributed by atoms with Gasteiger partial charge in [-0.05, 0) is 37.5 Å². The first kappa shape index (κ1) is 10.4. The summed E-state index contributed by atoms with van der Waals surface area (Å²) in [5, 5.41) is 0. The molecule has 2 nitrogen and oxygen atoms in total. The molecular weight excluding hydrogens is 193 g/mol. The fourth-order valence-corrected chi connectivity index (χ4v) is 2.09. The van der Waals surface area contributed by atoms with Gasteiger partial charge < -0.3 is 10.5 Å². The summed E-state index contributed by atoms with van der Waals surface area (Å²) in [6, 6.07) is 3.42. The van der Waals surface area contributed by atoms with Gasteiger partial charge in [-0.2, -0.15) is 0 Å². The molecule has 0 atom stereocenters. The van der Waals surface area contributed by atoms with Crippen molar-refractivity contribution in [3.63, 3.8) is 0 Å². The minimum absolute atomic E-state index is 0.164. The topological polar surface area (TPSA) is 35.2 Å². The zero-order chi connectivity index (χ0) is 11.1. The predicted molar refractivity (Wildman–Crippen MR) is 57.7 cm³/mol. The second-order valence-electron chi connectivity index (χ2n) is 4.31. The van der Waals surface area contributed by atoms with Crippen LogP contribution in [0.2, 0.25) is 0 Å². The molecule has 2 rings (SSSR count). The van der Waals surface area contributed by atoms with Crippen molar-refractivity contribution in [1.82, 2.24) is 0 Å². The zero-order valence-electron chi connectivity index (χ0n) is 9.14. The van der Waals surface area contributed by atoms with Gasteiger partial charge in [0, 0.05) is 17.5 Å². The second kappa shape index (κ2) is 3.49. The number of hydrogen-bond acceptors (Lipinski definition) is 2. The molecule has 0 radical (unpaired) electrons. The number of aryl methyl sites for hydroxylation is 1. The number of ether oxygens (including phenoxy) is 1. The van der Waals surface area contributed by atoms with Gasteiger partial charge in [-0.25, -0.2) is 4.39 Å². The van der Waals surface area contributed by atoms with Crippen LogP contribution in [0.25, 0.3) is 0 Å². The van der Waals surface area contributed by atoms with Crippen LogP contribution in [-0.2, 0) is 5.41 Å². The SMILES string of the molecule is COc1cc(C)cc(F)c1C1(CN)CC1. The minimum Gasteiger partial charge on any atom is -0.496 e. The van der Waals surface area contributed by atoms with Gasteiger partial charge in [0.1, 0.15) is 11.6 Å². The number of hydrogen-bond donors (Lipinski definition) is 1. The summed E-state index contributed by atoms with van der Waals surface area (Å²) >= 11 is 0. The summed E-state index contributed by atoms with van der Waals surface area (Å²) in [5.41, 5.74) is 7.09. The van der Waals surface area contributed by atoms with Crippen molar-refractivity contribution in [2.75, 3.05) is 13.7 Å². The summed E-state index contributed by atoms with van der Waals surface area (Å²) in [4.78, 5) is 0. The van der Waals surface area contributed by atoms with E-state index < -0.39 is 0 Å². The third kappa shape index (κ3) is 1.61. The van der Waals surface area contributed by atoms with E-state index in [1.54, 1.807) is 13.2 Å². The molecular formula is C12H16FNO. The van der Waals surface area contributed by atoms with Crippen molar-refractivity contribution in [3.8, 4) is 5.75 Å². The van der Waals surface area contributed by atoms with Gasteiger partial charge in [0.15, 0.2) is 0 Å². The zero-order valence-corrected chi connectivity index (χ0v) is 9.14. The molecule has 3 heteroatoms. The van der Waals surface area contributed by atoms with Crippen molar-refractivity contribution in [2.45, 2.75) is 25.2 Å². The third-order valence-electron chi connectivity index (χ3n) is 3.19. The molecule has 0 saturated heterocycles. The summed E-state index contributed by atoms with van der Waals surface area (Å²) < 4.78 is 19.1. The molecule has 82 valence electrons. The summed E-state index contributed by atoms with van der Waals surface area (Å²) in [7, 11) is 1.57. The number of rotatable bonds is 3. The van der Waals surface area contributed by atoms with E-state index in [1.807, 2.05) is 13.0 Å². The van der Waals surface area contributed by atoms with E-state index in [2.05, 4.69) is 0 Å². The fourth-order valence-electron chi connectivity index (χ4n) is 2.09. The van der Waals surface area contributed by atoms with E-state index in [0.717, 1.165) is 18.4 Å². The van der Waals surface area contributed by atoms with Gasteiger partial charge in [-0.15, -0.1) is 0 Å². The molecule has 0 spiro atoms. The quantitative estimate of drug-likeness (QED) is 0.827. The number of benzene rings is 1. The lowest BCUT2D eigenvalue weighted by Gasteiger charge is -2.18. The van der Waals surface area contributed by atoms with Crippen LogP contribution < -0.4 is 10.5 Å². The van der Waals surface area contributed by atoms with Gasteiger partial charge in [0.05, 0.1) is 7.11 Å². The van der Waals surface area contributed by atoms with Crippen LogP contribution in [-0.4, -0.2) is 13.7 Å². The first-order chi connectivity index (χ1) is 7.13.